The normalized spacial score (nSPS) is 14.4. The third-order valence-corrected chi connectivity index (χ3v) is 4.88. The molecule has 138 valence electrons. The predicted octanol–water partition coefficient (Wildman–Crippen LogP) is 3.04. The second-order valence-electron chi connectivity index (χ2n) is 6.49. The van der Waals surface area contributed by atoms with Gasteiger partial charge in [-0.05, 0) is 47.2 Å². The Kier molecular flexibility index (Phi) is 4.54. The fourth-order valence-electron chi connectivity index (χ4n) is 3.34. The Bertz CT molecular complexity index is 973. The number of methoxy groups -OCH3 is 1. The zero-order chi connectivity index (χ0) is 18.8. The number of piperazine rings is 1. The first-order valence-corrected chi connectivity index (χ1v) is 8.85. The minimum Gasteiger partial charge on any atom is -0.497 e. The van der Waals surface area contributed by atoms with Crippen molar-refractivity contribution in [1.82, 2.24) is 9.80 Å². The molecule has 3 aromatic rings. The van der Waals surface area contributed by atoms with Gasteiger partial charge in [0, 0.05) is 31.7 Å². The van der Waals surface area contributed by atoms with Crippen LogP contribution in [0.15, 0.2) is 59.2 Å². The van der Waals surface area contributed by atoms with Crippen LogP contribution in [0.4, 0.5) is 0 Å². The number of ether oxygens (including phenoxy) is 1. The van der Waals surface area contributed by atoms with Crippen molar-refractivity contribution in [2.75, 3.05) is 33.3 Å². The Hall–Kier alpha value is -3.28. The van der Waals surface area contributed by atoms with Crippen LogP contribution in [-0.2, 0) is 0 Å². The Balaban J connectivity index is 1.44. The van der Waals surface area contributed by atoms with Crippen molar-refractivity contribution in [3.05, 3.63) is 66.1 Å². The van der Waals surface area contributed by atoms with Gasteiger partial charge in [-0.3, -0.25) is 9.59 Å². The lowest BCUT2D eigenvalue weighted by atomic mass is 10.1. The van der Waals surface area contributed by atoms with Crippen LogP contribution in [0.5, 0.6) is 5.75 Å². The van der Waals surface area contributed by atoms with Gasteiger partial charge in [0.2, 0.25) is 0 Å². The van der Waals surface area contributed by atoms with Crippen molar-refractivity contribution in [2.45, 2.75) is 0 Å². The van der Waals surface area contributed by atoms with E-state index in [1.807, 2.05) is 36.4 Å². The highest BCUT2D eigenvalue weighted by atomic mass is 16.5. The lowest BCUT2D eigenvalue weighted by Gasteiger charge is -2.34. The number of carbonyl (C=O) groups excluding carboxylic acids is 2. The summed E-state index contributed by atoms with van der Waals surface area (Å²) in [6, 6.07) is 14.8. The highest BCUT2D eigenvalue weighted by Gasteiger charge is 2.26. The van der Waals surface area contributed by atoms with Gasteiger partial charge in [-0.15, -0.1) is 0 Å². The first-order chi connectivity index (χ1) is 13.2. The molecule has 1 aliphatic heterocycles. The van der Waals surface area contributed by atoms with Gasteiger partial charge in [-0.25, -0.2) is 0 Å². The molecule has 0 saturated carbocycles. The van der Waals surface area contributed by atoms with Gasteiger partial charge in [-0.2, -0.15) is 0 Å². The van der Waals surface area contributed by atoms with Crippen molar-refractivity contribution in [3.63, 3.8) is 0 Å². The largest absolute Gasteiger partial charge is 0.497 e. The number of rotatable bonds is 3. The highest BCUT2D eigenvalue weighted by molar-refractivity contribution is 5.99. The maximum absolute atomic E-state index is 12.9. The Morgan fingerprint density at radius 1 is 0.889 bits per heavy atom. The third-order valence-electron chi connectivity index (χ3n) is 4.88. The molecule has 0 radical (unpaired) electrons. The molecule has 6 nitrogen and oxygen atoms in total. The minimum absolute atomic E-state index is 0.0159. The number of amides is 2. The summed E-state index contributed by atoms with van der Waals surface area (Å²) in [5.41, 5.74) is 0.651. The molecular weight excluding hydrogens is 344 g/mol. The van der Waals surface area contributed by atoms with Crippen LogP contribution in [0.25, 0.3) is 10.8 Å². The maximum atomic E-state index is 12.9. The van der Waals surface area contributed by atoms with E-state index in [1.165, 1.54) is 6.26 Å². The van der Waals surface area contributed by atoms with E-state index in [2.05, 4.69) is 0 Å². The molecule has 2 amide bonds. The monoisotopic (exact) mass is 364 g/mol. The van der Waals surface area contributed by atoms with Gasteiger partial charge in [0.25, 0.3) is 11.8 Å². The molecule has 0 atom stereocenters. The van der Waals surface area contributed by atoms with Gasteiger partial charge >= 0.3 is 0 Å². The standard InChI is InChI=1S/C21H20N2O4/c1-26-18-7-6-15-13-17(5-4-16(15)14-18)20(24)22-8-10-23(11-9-22)21(25)19-3-2-12-27-19/h2-7,12-14H,8-11H2,1H3. The summed E-state index contributed by atoms with van der Waals surface area (Å²) in [5, 5.41) is 2.02. The molecule has 2 aromatic carbocycles. The average Bonchev–Trinajstić information content (AvgIpc) is 3.27. The minimum atomic E-state index is -0.133. The van der Waals surface area contributed by atoms with Crippen LogP contribution >= 0.6 is 0 Å². The van der Waals surface area contributed by atoms with Gasteiger partial charge < -0.3 is 19.0 Å². The van der Waals surface area contributed by atoms with E-state index < -0.39 is 0 Å². The molecular formula is C21H20N2O4. The van der Waals surface area contributed by atoms with E-state index in [0.29, 0.717) is 37.5 Å². The molecule has 0 unspecified atom stereocenters. The molecule has 1 aliphatic rings. The zero-order valence-electron chi connectivity index (χ0n) is 15.1. The first-order valence-electron chi connectivity index (χ1n) is 8.85. The molecule has 0 bridgehead atoms. The summed E-state index contributed by atoms with van der Waals surface area (Å²) in [6.07, 6.45) is 1.49. The lowest BCUT2D eigenvalue weighted by Crippen LogP contribution is -2.50. The van der Waals surface area contributed by atoms with Crippen molar-refractivity contribution in [2.24, 2.45) is 0 Å². The zero-order valence-corrected chi connectivity index (χ0v) is 15.1. The van der Waals surface area contributed by atoms with Crippen LogP contribution in [-0.4, -0.2) is 54.9 Å². The SMILES string of the molecule is COc1ccc2cc(C(=O)N3CCN(C(=O)c4ccco4)CC3)ccc2c1. The van der Waals surface area contributed by atoms with Crippen LogP contribution in [0.3, 0.4) is 0 Å². The summed E-state index contributed by atoms with van der Waals surface area (Å²) >= 11 is 0. The molecule has 0 N–H and O–H groups in total. The van der Waals surface area contributed by atoms with E-state index >= 15 is 0 Å². The fourth-order valence-corrected chi connectivity index (χ4v) is 3.34. The maximum Gasteiger partial charge on any atom is 0.289 e. The van der Waals surface area contributed by atoms with Crippen LogP contribution in [0, 0.1) is 0 Å². The lowest BCUT2D eigenvalue weighted by molar-refractivity contribution is 0.0518. The number of carbonyl (C=O) groups is 2. The second kappa shape index (κ2) is 7.15. The quantitative estimate of drug-likeness (QED) is 0.717. The molecule has 1 aromatic heterocycles. The molecule has 1 fully saturated rings. The molecule has 2 heterocycles. The number of hydrogen-bond acceptors (Lipinski definition) is 4. The molecule has 6 heteroatoms. The van der Waals surface area contributed by atoms with Crippen molar-refractivity contribution in [3.8, 4) is 5.75 Å². The van der Waals surface area contributed by atoms with E-state index in [-0.39, 0.29) is 11.8 Å². The van der Waals surface area contributed by atoms with Crippen molar-refractivity contribution in [1.29, 1.82) is 0 Å². The van der Waals surface area contributed by atoms with Gasteiger partial charge in [0.15, 0.2) is 5.76 Å². The van der Waals surface area contributed by atoms with Gasteiger partial charge in [-0.1, -0.05) is 12.1 Å². The van der Waals surface area contributed by atoms with E-state index in [1.54, 1.807) is 29.0 Å². The number of fused-ring (bicyclic) bond motifs is 1. The Labute approximate surface area is 156 Å². The van der Waals surface area contributed by atoms with E-state index in [4.69, 9.17) is 9.15 Å². The molecule has 1 saturated heterocycles. The molecule has 4 rings (SSSR count). The second-order valence-corrected chi connectivity index (χ2v) is 6.49. The Morgan fingerprint density at radius 3 is 2.22 bits per heavy atom. The van der Waals surface area contributed by atoms with E-state index in [9.17, 15) is 9.59 Å². The van der Waals surface area contributed by atoms with Crippen LogP contribution in [0.1, 0.15) is 20.9 Å². The third kappa shape index (κ3) is 3.38. The Morgan fingerprint density at radius 2 is 1.56 bits per heavy atom. The van der Waals surface area contributed by atoms with Gasteiger partial charge in [0.05, 0.1) is 13.4 Å². The van der Waals surface area contributed by atoms with Crippen LogP contribution < -0.4 is 4.74 Å². The number of benzene rings is 2. The number of nitrogens with zero attached hydrogens (tertiary/aromatic N) is 2. The van der Waals surface area contributed by atoms with Crippen molar-refractivity contribution < 1.29 is 18.7 Å². The molecule has 0 spiro atoms. The number of hydrogen-bond donors (Lipinski definition) is 0. The van der Waals surface area contributed by atoms with Crippen molar-refractivity contribution >= 4 is 22.6 Å². The molecule has 0 aliphatic carbocycles. The van der Waals surface area contributed by atoms with Gasteiger partial charge in [0.1, 0.15) is 5.75 Å². The number of furan rings is 1. The first kappa shape index (κ1) is 17.1. The average molecular weight is 364 g/mol. The smallest absolute Gasteiger partial charge is 0.289 e. The predicted molar refractivity (Wildman–Crippen MR) is 101 cm³/mol. The summed E-state index contributed by atoms with van der Waals surface area (Å²) in [6.45, 7) is 2.00. The molecule has 27 heavy (non-hydrogen) atoms. The summed E-state index contributed by atoms with van der Waals surface area (Å²) in [5.74, 6) is 0.975. The summed E-state index contributed by atoms with van der Waals surface area (Å²) < 4.78 is 10.4. The highest BCUT2D eigenvalue weighted by Crippen LogP contribution is 2.23. The fraction of sp³-hybridized carbons (Fsp3) is 0.238. The van der Waals surface area contributed by atoms with E-state index in [0.717, 1.165) is 16.5 Å². The summed E-state index contributed by atoms with van der Waals surface area (Å²) in [7, 11) is 1.63. The summed E-state index contributed by atoms with van der Waals surface area (Å²) in [4.78, 5) is 28.7. The topological polar surface area (TPSA) is 63.0 Å². The van der Waals surface area contributed by atoms with Crippen LogP contribution in [0.2, 0.25) is 0 Å².